The van der Waals surface area contributed by atoms with Crippen molar-refractivity contribution >= 4 is 11.7 Å². The molecule has 4 rings (SSSR count). The Hall–Kier alpha value is -3.48. The number of ketones is 1. The molecule has 1 aliphatic carbocycles. The first-order chi connectivity index (χ1) is 16.0. The Labute approximate surface area is 193 Å². The summed E-state index contributed by atoms with van der Waals surface area (Å²) >= 11 is 0. The number of Topliss-reactive ketones (excluding diaryl/α,β-unsaturated/α-hetero) is 1. The molecule has 2 aliphatic rings. The molecule has 1 amide bonds. The van der Waals surface area contributed by atoms with E-state index in [2.05, 4.69) is 5.32 Å². The molecule has 1 aliphatic heterocycles. The van der Waals surface area contributed by atoms with Gasteiger partial charge in [0, 0.05) is 30.0 Å². The lowest BCUT2D eigenvalue weighted by Crippen LogP contribution is -2.38. The molecule has 2 atom stereocenters. The third-order valence-electron chi connectivity index (χ3n) is 6.29. The quantitative estimate of drug-likeness (QED) is 0.682. The van der Waals surface area contributed by atoms with E-state index in [9.17, 15) is 9.59 Å². The van der Waals surface area contributed by atoms with Gasteiger partial charge >= 0.3 is 0 Å². The van der Waals surface area contributed by atoms with E-state index < -0.39 is 0 Å². The first-order valence-electron chi connectivity index (χ1n) is 11.1. The van der Waals surface area contributed by atoms with Gasteiger partial charge in [0.25, 0.3) is 0 Å². The highest BCUT2D eigenvalue weighted by atomic mass is 16.5. The van der Waals surface area contributed by atoms with Crippen molar-refractivity contribution in [1.82, 2.24) is 5.32 Å². The van der Waals surface area contributed by atoms with Crippen molar-refractivity contribution < 1.29 is 28.5 Å². The summed E-state index contributed by atoms with van der Waals surface area (Å²) in [6.45, 7) is 2.52. The van der Waals surface area contributed by atoms with Gasteiger partial charge < -0.3 is 24.3 Å². The molecule has 0 fully saturated rings. The minimum Gasteiger partial charge on any atom is -0.494 e. The van der Waals surface area contributed by atoms with Crippen LogP contribution < -0.4 is 24.3 Å². The lowest BCUT2D eigenvalue weighted by atomic mass is 9.73. The normalized spacial score (nSPS) is 20.1. The molecule has 1 N–H and O–H groups in total. The van der Waals surface area contributed by atoms with Gasteiger partial charge in [0.2, 0.25) is 11.7 Å². The number of nitrogens with one attached hydrogen (secondary N) is 1. The van der Waals surface area contributed by atoms with E-state index in [1.807, 2.05) is 43.3 Å². The summed E-state index contributed by atoms with van der Waals surface area (Å²) in [5.41, 5.74) is 3.27. The Balaban J connectivity index is 1.68. The van der Waals surface area contributed by atoms with Crippen molar-refractivity contribution in [1.29, 1.82) is 0 Å². The van der Waals surface area contributed by atoms with Crippen LogP contribution >= 0.6 is 0 Å². The highest BCUT2D eigenvalue weighted by Gasteiger charge is 2.38. The Morgan fingerprint density at radius 3 is 2.12 bits per heavy atom. The van der Waals surface area contributed by atoms with E-state index in [0.29, 0.717) is 48.0 Å². The van der Waals surface area contributed by atoms with Gasteiger partial charge in [-0.05, 0) is 54.7 Å². The molecule has 0 saturated heterocycles. The van der Waals surface area contributed by atoms with Gasteiger partial charge in [-0.2, -0.15) is 0 Å². The van der Waals surface area contributed by atoms with Crippen LogP contribution in [0.5, 0.6) is 23.0 Å². The zero-order valence-electron chi connectivity index (χ0n) is 19.4. The fourth-order valence-corrected chi connectivity index (χ4v) is 4.78. The van der Waals surface area contributed by atoms with E-state index in [-0.39, 0.29) is 29.9 Å². The predicted molar refractivity (Wildman–Crippen MR) is 123 cm³/mol. The van der Waals surface area contributed by atoms with Crippen LogP contribution in [0.4, 0.5) is 0 Å². The summed E-state index contributed by atoms with van der Waals surface area (Å²) in [6.07, 6.45) is 1.16. The third kappa shape index (κ3) is 4.40. The van der Waals surface area contributed by atoms with Crippen molar-refractivity contribution in [2.75, 3.05) is 27.9 Å². The van der Waals surface area contributed by atoms with Gasteiger partial charge in [-0.1, -0.05) is 12.1 Å². The predicted octanol–water partition coefficient (Wildman–Crippen LogP) is 4.12. The van der Waals surface area contributed by atoms with Crippen molar-refractivity contribution in [2.24, 2.45) is 0 Å². The Morgan fingerprint density at radius 2 is 1.55 bits per heavy atom. The maximum absolute atomic E-state index is 13.4. The van der Waals surface area contributed by atoms with Crippen LogP contribution in [0.2, 0.25) is 0 Å². The van der Waals surface area contributed by atoms with E-state index >= 15 is 0 Å². The molecule has 0 unspecified atom stereocenters. The number of ether oxygens (including phenoxy) is 4. The maximum Gasteiger partial charge on any atom is 0.225 e. The molecule has 0 spiro atoms. The minimum atomic E-state index is -0.252. The number of methoxy groups -OCH3 is 3. The van der Waals surface area contributed by atoms with Crippen LogP contribution in [-0.2, 0) is 9.59 Å². The van der Waals surface area contributed by atoms with Gasteiger partial charge in [0.05, 0.1) is 27.9 Å². The molecule has 7 nitrogen and oxygen atoms in total. The molecule has 174 valence electrons. The second-order valence-electron chi connectivity index (χ2n) is 8.19. The fourth-order valence-electron chi connectivity index (χ4n) is 4.78. The second-order valence-corrected chi connectivity index (χ2v) is 8.19. The lowest BCUT2D eigenvalue weighted by molar-refractivity contribution is -0.122. The highest BCUT2D eigenvalue weighted by Crippen LogP contribution is 2.46. The summed E-state index contributed by atoms with van der Waals surface area (Å²) in [5, 5.41) is 2.97. The van der Waals surface area contributed by atoms with Gasteiger partial charge in [-0.15, -0.1) is 0 Å². The van der Waals surface area contributed by atoms with Crippen LogP contribution in [0.1, 0.15) is 49.1 Å². The zero-order valence-corrected chi connectivity index (χ0v) is 19.4. The summed E-state index contributed by atoms with van der Waals surface area (Å²) < 4.78 is 21.9. The first-order valence-corrected chi connectivity index (χ1v) is 11.1. The number of allylic oxidation sites excluding steroid dienone is 2. The molecular weight excluding hydrogens is 422 g/mol. The molecule has 0 radical (unpaired) electrons. The highest BCUT2D eigenvalue weighted by molar-refractivity contribution is 6.02. The van der Waals surface area contributed by atoms with E-state index in [0.717, 1.165) is 16.9 Å². The smallest absolute Gasteiger partial charge is 0.225 e. The van der Waals surface area contributed by atoms with Gasteiger partial charge in [-0.3, -0.25) is 9.59 Å². The summed E-state index contributed by atoms with van der Waals surface area (Å²) in [7, 11) is 4.69. The fraction of sp³-hybridized carbons (Fsp3) is 0.385. The largest absolute Gasteiger partial charge is 0.494 e. The van der Waals surface area contributed by atoms with Crippen LogP contribution in [0.25, 0.3) is 0 Å². The molecule has 2 aromatic carbocycles. The number of carbonyl (C=O) groups is 2. The number of rotatable bonds is 7. The number of amides is 1. The number of benzene rings is 2. The number of carbonyl (C=O) groups excluding carboxylic acids is 2. The number of hydrogen-bond donors (Lipinski definition) is 1. The first kappa shape index (κ1) is 22.7. The molecule has 7 heteroatoms. The number of hydrogen-bond acceptors (Lipinski definition) is 6. The van der Waals surface area contributed by atoms with Crippen molar-refractivity contribution in [3.8, 4) is 23.0 Å². The van der Waals surface area contributed by atoms with Crippen LogP contribution in [-0.4, -0.2) is 39.6 Å². The minimum absolute atomic E-state index is 0.0499. The molecule has 0 saturated carbocycles. The molecule has 0 aromatic heterocycles. The maximum atomic E-state index is 13.4. The third-order valence-corrected chi connectivity index (χ3v) is 6.29. The molecular formula is C26H29NO6. The average Bonchev–Trinajstić information content (AvgIpc) is 2.82. The second kappa shape index (κ2) is 9.57. The van der Waals surface area contributed by atoms with E-state index in [1.54, 1.807) is 21.3 Å². The standard InChI is InChI=1S/C26H29NO6/c1-5-33-18-8-6-15(7-9-18)19-14-24(29)27-20-10-16(11-21(28)25(19)20)17-12-22(30-2)26(32-4)23(13-17)31-3/h6-9,12-13,16,19H,5,10-11,14H2,1-4H3,(H,27,29)/t16-,19+/m1/s1. The molecule has 2 aromatic rings. The van der Waals surface area contributed by atoms with Crippen LogP contribution in [0, 0.1) is 0 Å². The molecule has 0 bridgehead atoms. The average molecular weight is 452 g/mol. The Morgan fingerprint density at radius 1 is 0.879 bits per heavy atom. The van der Waals surface area contributed by atoms with Crippen molar-refractivity contribution in [3.05, 3.63) is 58.8 Å². The molecule has 33 heavy (non-hydrogen) atoms. The zero-order chi connectivity index (χ0) is 23.5. The summed E-state index contributed by atoms with van der Waals surface area (Å²) in [5.74, 6) is 1.97. The van der Waals surface area contributed by atoms with Crippen molar-refractivity contribution in [2.45, 2.75) is 38.0 Å². The monoisotopic (exact) mass is 451 g/mol. The van der Waals surface area contributed by atoms with E-state index in [1.165, 1.54) is 0 Å². The Bertz CT molecular complexity index is 1060. The van der Waals surface area contributed by atoms with E-state index in [4.69, 9.17) is 18.9 Å². The SMILES string of the molecule is CCOc1ccc([C@@H]2CC(=O)NC3=C2C(=O)C[C@H](c2cc(OC)c(OC)c(OC)c2)C3)cc1. The van der Waals surface area contributed by atoms with Gasteiger partial charge in [-0.25, -0.2) is 0 Å². The lowest BCUT2D eigenvalue weighted by Gasteiger charge is -2.34. The van der Waals surface area contributed by atoms with Gasteiger partial charge in [0.1, 0.15) is 5.75 Å². The summed E-state index contributed by atoms with van der Waals surface area (Å²) in [4.78, 5) is 26.0. The Kier molecular flexibility index (Phi) is 6.58. The van der Waals surface area contributed by atoms with Crippen LogP contribution in [0.15, 0.2) is 47.7 Å². The summed E-state index contributed by atoms with van der Waals surface area (Å²) in [6, 6.07) is 11.4. The van der Waals surface area contributed by atoms with Gasteiger partial charge in [0.15, 0.2) is 17.3 Å². The van der Waals surface area contributed by atoms with Crippen LogP contribution in [0.3, 0.4) is 0 Å². The van der Waals surface area contributed by atoms with Crippen molar-refractivity contribution in [3.63, 3.8) is 0 Å². The molecule has 1 heterocycles. The topological polar surface area (TPSA) is 83.1 Å².